The molecule has 0 saturated carbocycles. The number of nitrogens with zero attached hydrogens (tertiary/aromatic N) is 3. The van der Waals surface area contributed by atoms with Crippen LogP contribution in [0.5, 0.6) is 0 Å². The average molecular weight is 458 g/mol. The first kappa shape index (κ1) is 22.0. The molecule has 0 aliphatic carbocycles. The van der Waals surface area contributed by atoms with E-state index in [-0.39, 0.29) is 10.8 Å². The zero-order valence-electron chi connectivity index (χ0n) is 15.7. The third-order valence-electron chi connectivity index (χ3n) is 4.21. The van der Waals surface area contributed by atoms with Crippen LogP contribution in [0.15, 0.2) is 56.5 Å². The maximum atomic E-state index is 12.7. The van der Waals surface area contributed by atoms with Gasteiger partial charge in [0.2, 0.25) is 11.5 Å². The van der Waals surface area contributed by atoms with Crippen LogP contribution in [0, 0.1) is 6.92 Å². The van der Waals surface area contributed by atoms with Gasteiger partial charge in [-0.2, -0.15) is 13.2 Å². The smallest absolute Gasteiger partial charge is 0.352 e. The highest BCUT2D eigenvalue weighted by Gasteiger charge is 2.31. The van der Waals surface area contributed by atoms with Gasteiger partial charge < -0.3 is 4.52 Å². The van der Waals surface area contributed by atoms with Gasteiger partial charge in [0.1, 0.15) is 17.3 Å². The van der Waals surface area contributed by atoms with Crippen LogP contribution in [0.4, 0.5) is 13.2 Å². The van der Waals surface area contributed by atoms with E-state index in [9.17, 15) is 22.2 Å². The Bertz CT molecular complexity index is 1210. The maximum Gasteiger partial charge on any atom is 0.417 e. The van der Waals surface area contributed by atoms with Gasteiger partial charge in [-0.05, 0) is 25.1 Å². The molecule has 1 aromatic carbocycles. The van der Waals surface area contributed by atoms with E-state index in [0.717, 1.165) is 12.1 Å². The number of hydrogen-bond acceptors (Lipinski definition) is 6. The summed E-state index contributed by atoms with van der Waals surface area (Å²) >= 11 is 6.15. The number of pyridine rings is 1. The molecule has 0 bridgehead atoms. The summed E-state index contributed by atoms with van der Waals surface area (Å²) in [6.07, 6.45) is -2.79. The monoisotopic (exact) mass is 457 g/mol. The Morgan fingerprint density at radius 2 is 1.93 bits per heavy atom. The number of rotatable bonds is 5. The molecule has 0 N–H and O–H groups in total. The zero-order chi connectivity index (χ0) is 22.1. The Labute approximate surface area is 175 Å². The van der Waals surface area contributed by atoms with Crippen molar-refractivity contribution in [3.8, 4) is 11.3 Å². The van der Waals surface area contributed by atoms with Crippen molar-refractivity contribution in [3.63, 3.8) is 0 Å². The Balaban J connectivity index is 1.83. The van der Waals surface area contributed by atoms with Crippen LogP contribution in [0.3, 0.4) is 0 Å². The minimum atomic E-state index is -4.56. The molecule has 1 atom stereocenters. The summed E-state index contributed by atoms with van der Waals surface area (Å²) in [7, 11) is -3.20. The van der Waals surface area contributed by atoms with Crippen molar-refractivity contribution in [2.75, 3.05) is 12.8 Å². The van der Waals surface area contributed by atoms with Crippen molar-refractivity contribution in [1.29, 1.82) is 0 Å². The summed E-state index contributed by atoms with van der Waals surface area (Å²) in [5.74, 6) is -0.649. The van der Waals surface area contributed by atoms with Gasteiger partial charge >= 0.3 is 6.18 Å². The van der Waals surface area contributed by atoms with Gasteiger partial charge in [-0.25, -0.2) is 13.6 Å². The highest BCUT2D eigenvalue weighted by Crippen LogP contribution is 2.31. The number of carbonyl (C=O) groups is 1. The fraction of sp³-hybridized carbons (Fsp3) is 0.211. The summed E-state index contributed by atoms with van der Waals surface area (Å²) < 4.78 is 59.6. The predicted octanol–water partition coefficient (Wildman–Crippen LogP) is 5.06. The molecule has 0 aliphatic rings. The normalized spacial score (nSPS) is 13.7. The van der Waals surface area contributed by atoms with Crippen molar-refractivity contribution < 1.29 is 26.7 Å². The lowest BCUT2D eigenvalue weighted by Crippen LogP contribution is -2.10. The Kier molecular flexibility index (Phi) is 6.00. The van der Waals surface area contributed by atoms with Crippen LogP contribution in [0.25, 0.3) is 11.3 Å². The molecule has 6 nitrogen and oxygen atoms in total. The van der Waals surface area contributed by atoms with E-state index >= 15 is 0 Å². The quantitative estimate of drug-likeness (QED) is 0.500. The standard InChI is InChI=1S/C19H15ClF3N3O3S/c1-11-17(13-5-3-4-6-14(13)20)26-29-18(11)15(27)10-25-30(2,28)16-8-7-12(9-24-16)19(21,22)23/h3-9H,10H2,1-2H3. The van der Waals surface area contributed by atoms with Gasteiger partial charge in [0.05, 0.1) is 20.3 Å². The average Bonchev–Trinajstić information content (AvgIpc) is 3.07. The van der Waals surface area contributed by atoms with Gasteiger partial charge in [-0.15, -0.1) is 0 Å². The van der Waals surface area contributed by atoms with E-state index in [2.05, 4.69) is 14.5 Å². The molecule has 0 fully saturated rings. The molecule has 158 valence electrons. The molecule has 0 saturated heterocycles. The van der Waals surface area contributed by atoms with Crippen LogP contribution < -0.4 is 0 Å². The molecule has 1 unspecified atom stereocenters. The second-order valence-corrected chi connectivity index (χ2v) is 9.05. The summed E-state index contributed by atoms with van der Waals surface area (Å²) in [6.45, 7) is 1.11. The molecule has 2 heterocycles. The summed E-state index contributed by atoms with van der Waals surface area (Å²) in [4.78, 5) is 16.1. The van der Waals surface area contributed by atoms with E-state index in [4.69, 9.17) is 16.1 Å². The molecule has 30 heavy (non-hydrogen) atoms. The van der Waals surface area contributed by atoms with Gasteiger partial charge in [0, 0.05) is 23.6 Å². The topological polar surface area (TPSA) is 85.4 Å². The van der Waals surface area contributed by atoms with Gasteiger partial charge in [-0.3, -0.25) is 4.79 Å². The summed E-state index contributed by atoms with van der Waals surface area (Å²) in [6, 6.07) is 8.65. The molecule has 0 aliphatic heterocycles. The van der Waals surface area contributed by atoms with Crippen LogP contribution in [0.1, 0.15) is 21.7 Å². The molecule has 11 heteroatoms. The molecular weight excluding hydrogens is 443 g/mol. The number of halogens is 4. The third kappa shape index (κ3) is 4.54. The van der Waals surface area contributed by atoms with Crippen molar-refractivity contribution >= 4 is 27.1 Å². The number of benzene rings is 1. The first-order valence-electron chi connectivity index (χ1n) is 8.46. The lowest BCUT2D eigenvalue weighted by atomic mass is 10.1. The predicted molar refractivity (Wildman–Crippen MR) is 105 cm³/mol. The first-order valence-corrected chi connectivity index (χ1v) is 10.8. The highest BCUT2D eigenvalue weighted by molar-refractivity contribution is 7.92. The Morgan fingerprint density at radius 1 is 1.23 bits per heavy atom. The van der Waals surface area contributed by atoms with Gasteiger partial charge in [0.25, 0.3) is 0 Å². The lowest BCUT2D eigenvalue weighted by Gasteiger charge is -2.07. The van der Waals surface area contributed by atoms with E-state index in [1.807, 2.05) is 0 Å². The van der Waals surface area contributed by atoms with Crippen LogP contribution in [-0.4, -0.2) is 32.9 Å². The van der Waals surface area contributed by atoms with E-state index in [1.165, 1.54) is 6.26 Å². The Hall–Kier alpha value is -2.72. The van der Waals surface area contributed by atoms with E-state index in [1.54, 1.807) is 31.2 Å². The molecule has 0 radical (unpaired) electrons. The SMILES string of the molecule is Cc1c(-c2ccccc2Cl)noc1C(=O)CN=S(C)(=O)c1ccc(C(F)(F)F)cn1. The van der Waals surface area contributed by atoms with Crippen molar-refractivity contribution in [3.05, 3.63) is 64.5 Å². The summed E-state index contributed by atoms with van der Waals surface area (Å²) in [5.41, 5.74) is 0.454. The lowest BCUT2D eigenvalue weighted by molar-refractivity contribution is -0.137. The number of Topliss-reactive ketones (excluding diaryl/α,β-unsaturated/α-hetero) is 1. The maximum absolute atomic E-state index is 12.7. The fourth-order valence-electron chi connectivity index (χ4n) is 2.59. The first-order chi connectivity index (χ1) is 14.0. The number of carbonyl (C=O) groups excluding carboxylic acids is 1. The van der Waals surface area contributed by atoms with Crippen LogP contribution >= 0.6 is 11.6 Å². The van der Waals surface area contributed by atoms with Crippen LogP contribution in [-0.2, 0) is 15.9 Å². The fourth-order valence-corrected chi connectivity index (χ4v) is 3.88. The van der Waals surface area contributed by atoms with E-state index in [0.29, 0.717) is 28.0 Å². The molecule has 3 rings (SSSR count). The van der Waals surface area contributed by atoms with Crippen molar-refractivity contribution in [2.24, 2.45) is 4.36 Å². The van der Waals surface area contributed by atoms with Gasteiger partial charge in [-0.1, -0.05) is 35.0 Å². The highest BCUT2D eigenvalue weighted by atomic mass is 35.5. The van der Waals surface area contributed by atoms with Crippen LogP contribution in [0.2, 0.25) is 5.02 Å². The number of hydrogen-bond donors (Lipinski definition) is 0. The number of aromatic nitrogens is 2. The number of ketones is 1. The molecule has 3 aromatic rings. The minimum Gasteiger partial charge on any atom is -0.352 e. The number of alkyl halides is 3. The largest absolute Gasteiger partial charge is 0.417 e. The molecule has 0 spiro atoms. The molecule has 2 aromatic heterocycles. The zero-order valence-corrected chi connectivity index (χ0v) is 17.3. The van der Waals surface area contributed by atoms with E-state index < -0.39 is 33.8 Å². The van der Waals surface area contributed by atoms with Gasteiger partial charge in [0.15, 0.2) is 0 Å². The van der Waals surface area contributed by atoms with Crippen molar-refractivity contribution in [2.45, 2.75) is 18.1 Å². The minimum absolute atomic E-state index is 0.0655. The second-order valence-electron chi connectivity index (χ2n) is 6.36. The molecular formula is C19H15ClF3N3O3S. The molecule has 0 amide bonds. The second kappa shape index (κ2) is 8.19. The third-order valence-corrected chi connectivity index (χ3v) is 6.18. The Morgan fingerprint density at radius 3 is 2.53 bits per heavy atom. The summed E-state index contributed by atoms with van der Waals surface area (Å²) in [5, 5.41) is 4.17. The van der Waals surface area contributed by atoms with Crippen molar-refractivity contribution in [1.82, 2.24) is 10.1 Å².